The van der Waals surface area contributed by atoms with Crippen molar-refractivity contribution >= 4 is 34.4 Å². The van der Waals surface area contributed by atoms with E-state index in [1.165, 1.54) is 0 Å². The predicted molar refractivity (Wildman–Crippen MR) is 87.5 cm³/mol. The first-order valence-electron chi connectivity index (χ1n) is 7.39. The maximum absolute atomic E-state index is 12.4. The molecule has 0 spiro atoms. The summed E-state index contributed by atoms with van der Waals surface area (Å²) in [6, 6.07) is 0. The highest BCUT2D eigenvalue weighted by Gasteiger charge is 2.27. The Labute approximate surface area is 138 Å². The fraction of sp³-hybridized carbons (Fsp3) is 0.643. The number of carbonyl (C=O) groups is 1. The Morgan fingerprint density at radius 2 is 2.14 bits per heavy atom. The van der Waals surface area contributed by atoms with Crippen LogP contribution in [0.25, 0.3) is 0 Å². The first-order valence-corrected chi connectivity index (χ1v) is 8.65. The predicted octanol–water partition coefficient (Wildman–Crippen LogP) is 1.81. The van der Waals surface area contributed by atoms with Crippen LogP contribution in [0.5, 0.6) is 0 Å². The number of aliphatic imine (C=N–C) groups is 1. The van der Waals surface area contributed by atoms with Gasteiger partial charge in [-0.1, -0.05) is 23.8 Å². The molecule has 0 N–H and O–H groups in total. The molecule has 1 atom stereocenters. The lowest BCUT2D eigenvalue weighted by Crippen LogP contribution is -2.50. The highest BCUT2D eigenvalue weighted by Crippen LogP contribution is 2.24. The quantitative estimate of drug-likeness (QED) is 0.820. The standard InChI is InChI=1S/C14H19ClN4O2S/c1-9-8-16-14(22-9)19-5-3-18(4-6-19)12(20)7-11-10(2)17-21-13(11)15/h9H,3-8H2,1-2H3/t9-/m1/s1. The first kappa shape index (κ1) is 15.7. The second-order valence-corrected chi connectivity index (χ2v) is 7.37. The van der Waals surface area contributed by atoms with Gasteiger partial charge in [0.25, 0.3) is 0 Å². The second kappa shape index (κ2) is 6.50. The molecule has 22 heavy (non-hydrogen) atoms. The lowest BCUT2D eigenvalue weighted by molar-refractivity contribution is -0.131. The number of hydrogen-bond acceptors (Lipinski definition) is 6. The minimum absolute atomic E-state index is 0.0715. The van der Waals surface area contributed by atoms with Crippen LogP contribution in [0.15, 0.2) is 9.52 Å². The second-order valence-electron chi connectivity index (χ2n) is 5.62. The van der Waals surface area contributed by atoms with E-state index in [2.05, 4.69) is 22.0 Å². The van der Waals surface area contributed by atoms with Crippen LogP contribution in [0.2, 0.25) is 5.22 Å². The zero-order valence-electron chi connectivity index (χ0n) is 12.7. The maximum Gasteiger partial charge on any atom is 0.229 e. The number of hydrogen-bond donors (Lipinski definition) is 0. The Balaban J connectivity index is 1.54. The molecule has 120 valence electrons. The van der Waals surface area contributed by atoms with Gasteiger partial charge in [0.2, 0.25) is 11.1 Å². The van der Waals surface area contributed by atoms with Gasteiger partial charge in [0.15, 0.2) is 5.17 Å². The van der Waals surface area contributed by atoms with Crippen molar-refractivity contribution < 1.29 is 9.32 Å². The van der Waals surface area contributed by atoms with E-state index in [1.807, 2.05) is 16.7 Å². The van der Waals surface area contributed by atoms with Crippen LogP contribution < -0.4 is 0 Å². The molecule has 0 bridgehead atoms. The number of halogens is 1. The lowest BCUT2D eigenvalue weighted by Gasteiger charge is -2.35. The highest BCUT2D eigenvalue weighted by atomic mass is 35.5. The Kier molecular flexibility index (Phi) is 4.63. The minimum Gasteiger partial charge on any atom is -0.348 e. The van der Waals surface area contributed by atoms with Crippen molar-refractivity contribution in [3.05, 3.63) is 16.5 Å². The van der Waals surface area contributed by atoms with Crippen LogP contribution in [-0.2, 0) is 11.2 Å². The van der Waals surface area contributed by atoms with Crippen molar-refractivity contribution in [3.8, 4) is 0 Å². The molecule has 0 aromatic carbocycles. The van der Waals surface area contributed by atoms with Gasteiger partial charge >= 0.3 is 0 Å². The molecule has 0 unspecified atom stereocenters. The van der Waals surface area contributed by atoms with Crippen molar-refractivity contribution in [2.24, 2.45) is 4.99 Å². The van der Waals surface area contributed by atoms with Crippen molar-refractivity contribution in [3.63, 3.8) is 0 Å². The third-order valence-corrected chi connectivity index (χ3v) is 5.40. The van der Waals surface area contributed by atoms with Crippen LogP contribution in [-0.4, -0.2) is 64.0 Å². The monoisotopic (exact) mass is 342 g/mol. The van der Waals surface area contributed by atoms with Crippen molar-refractivity contribution in [1.29, 1.82) is 0 Å². The summed E-state index contributed by atoms with van der Waals surface area (Å²) in [5.41, 5.74) is 1.38. The number of piperazine rings is 1. The van der Waals surface area contributed by atoms with Crippen LogP contribution in [0.3, 0.4) is 0 Å². The molecule has 2 aliphatic rings. The third kappa shape index (κ3) is 3.25. The summed E-state index contributed by atoms with van der Waals surface area (Å²) in [6.45, 7) is 7.98. The zero-order chi connectivity index (χ0) is 15.7. The molecule has 0 radical (unpaired) electrons. The molecule has 2 aliphatic heterocycles. The van der Waals surface area contributed by atoms with Crippen LogP contribution in [0.4, 0.5) is 0 Å². The van der Waals surface area contributed by atoms with Gasteiger partial charge in [-0.15, -0.1) is 0 Å². The molecule has 0 aliphatic carbocycles. The normalized spacial score (nSPS) is 22.1. The summed E-state index contributed by atoms with van der Waals surface area (Å²) < 4.78 is 4.90. The van der Waals surface area contributed by atoms with E-state index in [0.29, 0.717) is 16.5 Å². The van der Waals surface area contributed by atoms with Gasteiger partial charge in [-0.3, -0.25) is 9.79 Å². The fourth-order valence-corrected chi connectivity index (χ4v) is 3.83. The summed E-state index contributed by atoms with van der Waals surface area (Å²) in [5, 5.41) is 5.69. The van der Waals surface area contributed by atoms with Crippen LogP contribution >= 0.6 is 23.4 Å². The van der Waals surface area contributed by atoms with E-state index in [1.54, 1.807) is 6.92 Å². The van der Waals surface area contributed by atoms with Crippen LogP contribution in [0.1, 0.15) is 18.2 Å². The summed E-state index contributed by atoms with van der Waals surface area (Å²) in [4.78, 5) is 21.1. The van der Waals surface area contributed by atoms with E-state index < -0.39 is 0 Å². The molecule has 8 heteroatoms. The van der Waals surface area contributed by atoms with Gasteiger partial charge in [0, 0.05) is 37.0 Å². The van der Waals surface area contributed by atoms with Crippen molar-refractivity contribution in [2.75, 3.05) is 32.7 Å². The number of thioether (sulfide) groups is 1. The average molecular weight is 343 g/mol. The molecule has 6 nitrogen and oxygen atoms in total. The number of aryl methyl sites for hydroxylation is 1. The smallest absolute Gasteiger partial charge is 0.229 e. The Morgan fingerprint density at radius 3 is 2.68 bits per heavy atom. The largest absolute Gasteiger partial charge is 0.348 e. The average Bonchev–Trinajstić information content (AvgIpc) is 3.08. The Morgan fingerprint density at radius 1 is 1.41 bits per heavy atom. The number of aromatic nitrogens is 1. The van der Waals surface area contributed by atoms with Gasteiger partial charge < -0.3 is 14.3 Å². The number of amidine groups is 1. The van der Waals surface area contributed by atoms with Gasteiger partial charge in [-0.2, -0.15) is 0 Å². The molecular weight excluding hydrogens is 324 g/mol. The Hall–Kier alpha value is -1.21. The minimum atomic E-state index is 0.0715. The molecule has 1 amide bonds. The molecule has 1 saturated heterocycles. The Bertz CT molecular complexity index is 576. The van der Waals surface area contributed by atoms with E-state index in [9.17, 15) is 4.79 Å². The highest BCUT2D eigenvalue weighted by molar-refractivity contribution is 8.14. The van der Waals surface area contributed by atoms with Gasteiger partial charge in [0.05, 0.1) is 18.7 Å². The van der Waals surface area contributed by atoms with E-state index >= 15 is 0 Å². The first-order chi connectivity index (χ1) is 10.5. The number of nitrogens with zero attached hydrogens (tertiary/aromatic N) is 4. The SMILES string of the molecule is Cc1noc(Cl)c1CC(=O)N1CCN(C2=NC[C@@H](C)S2)CC1. The topological polar surface area (TPSA) is 61.9 Å². The molecule has 3 rings (SSSR count). The molecule has 1 fully saturated rings. The zero-order valence-corrected chi connectivity index (χ0v) is 14.3. The third-order valence-electron chi connectivity index (χ3n) is 3.96. The summed E-state index contributed by atoms with van der Waals surface area (Å²) in [7, 11) is 0. The molecule has 1 aromatic heterocycles. The number of carbonyl (C=O) groups excluding carboxylic acids is 1. The van der Waals surface area contributed by atoms with E-state index in [-0.39, 0.29) is 17.5 Å². The summed E-state index contributed by atoms with van der Waals surface area (Å²) in [5.74, 6) is 0.0715. The van der Waals surface area contributed by atoms with Crippen molar-refractivity contribution in [2.45, 2.75) is 25.5 Å². The van der Waals surface area contributed by atoms with E-state index in [0.717, 1.165) is 37.9 Å². The van der Waals surface area contributed by atoms with Gasteiger partial charge in [-0.05, 0) is 18.5 Å². The molecule has 0 saturated carbocycles. The van der Waals surface area contributed by atoms with Crippen LogP contribution in [0, 0.1) is 6.92 Å². The molecule has 3 heterocycles. The number of rotatable bonds is 2. The number of amides is 1. The maximum atomic E-state index is 12.4. The molecular formula is C14H19ClN4O2S. The molecule has 1 aromatic rings. The summed E-state index contributed by atoms with van der Waals surface area (Å²) in [6.07, 6.45) is 0.251. The van der Waals surface area contributed by atoms with Gasteiger partial charge in [-0.25, -0.2) is 0 Å². The summed E-state index contributed by atoms with van der Waals surface area (Å²) >= 11 is 7.75. The van der Waals surface area contributed by atoms with Crippen molar-refractivity contribution in [1.82, 2.24) is 15.0 Å². The van der Waals surface area contributed by atoms with Gasteiger partial charge in [0.1, 0.15) is 0 Å². The lowest BCUT2D eigenvalue weighted by atomic mass is 10.1. The van der Waals surface area contributed by atoms with E-state index in [4.69, 9.17) is 16.1 Å². The fourth-order valence-electron chi connectivity index (χ4n) is 2.60.